The number of nitrogens with zero attached hydrogens (tertiary/aromatic N) is 2. The van der Waals surface area contributed by atoms with Crippen molar-refractivity contribution in [2.75, 3.05) is 6.54 Å². The van der Waals surface area contributed by atoms with Crippen LogP contribution >= 0.6 is 11.3 Å². The maximum absolute atomic E-state index is 12.8. The van der Waals surface area contributed by atoms with Crippen LogP contribution in [-0.2, 0) is 17.9 Å². The number of urea groups is 1. The highest BCUT2D eigenvalue weighted by molar-refractivity contribution is 7.09. The molecule has 132 valence electrons. The van der Waals surface area contributed by atoms with Gasteiger partial charge in [0, 0.05) is 18.0 Å². The number of carbonyl (C=O) groups is 2. The zero-order chi connectivity index (χ0) is 17.6. The first-order valence-electron chi connectivity index (χ1n) is 8.39. The van der Waals surface area contributed by atoms with Gasteiger partial charge in [0.25, 0.3) is 0 Å². The fourth-order valence-electron chi connectivity index (χ4n) is 2.80. The summed E-state index contributed by atoms with van der Waals surface area (Å²) in [5.41, 5.74) is 3.77. The lowest BCUT2D eigenvalue weighted by molar-refractivity contribution is -0.124. The predicted molar refractivity (Wildman–Crippen MR) is 97.1 cm³/mol. The maximum Gasteiger partial charge on any atom is 0.318 e. The molecule has 0 saturated carbocycles. The Morgan fingerprint density at radius 3 is 2.84 bits per heavy atom. The fourth-order valence-corrected chi connectivity index (χ4v) is 3.60. The summed E-state index contributed by atoms with van der Waals surface area (Å²) >= 11 is 1.54. The minimum Gasteiger partial charge on any atom is -0.354 e. The molecule has 2 heterocycles. The minimum atomic E-state index is -0.456. The number of aromatic nitrogens is 1. The number of piperidine rings is 1. The molecular weight excluding hydrogens is 336 g/mol. The molecule has 1 aromatic carbocycles. The quantitative estimate of drug-likeness (QED) is 0.862. The van der Waals surface area contributed by atoms with Gasteiger partial charge in [0.1, 0.15) is 6.04 Å². The summed E-state index contributed by atoms with van der Waals surface area (Å²) in [5, 5.41) is 5.68. The number of benzene rings is 1. The zero-order valence-electron chi connectivity index (χ0n) is 14.2. The summed E-state index contributed by atoms with van der Waals surface area (Å²) < 4.78 is 0. The molecule has 0 aliphatic carbocycles. The Morgan fingerprint density at radius 2 is 2.16 bits per heavy atom. The van der Waals surface area contributed by atoms with Crippen LogP contribution in [0.2, 0.25) is 0 Å². The molecule has 7 heteroatoms. The Balaban J connectivity index is 1.73. The van der Waals surface area contributed by atoms with Crippen LogP contribution in [0.3, 0.4) is 0 Å². The van der Waals surface area contributed by atoms with Crippen LogP contribution < -0.4 is 10.6 Å². The number of carbonyl (C=O) groups excluding carboxylic acids is 2. The van der Waals surface area contributed by atoms with Crippen molar-refractivity contribution in [2.24, 2.45) is 0 Å². The molecule has 0 spiro atoms. The third-order valence-electron chi connectivity index (χ3n) is 4.27. The van der Waals surface area contributed by atoms with Crippen LogP contribution in [0.25, 0.3) is 0 Å². The maximum atomic E-state index is 12.8. The normalized spacial score (nSPS) is 17.0. The van der Waals surface area contributed by atoms with E-state index in [-0.39, 0.29) is 11.9 Å². The third-order valence-corrected chi connectivity index (χ3v) is 5.19. The van der Waals surface area contributed by atoms with Gasteiger partial charge < -0.3 is 15.5 Å². The van der Waals surface area contributed by atoms with E-state index in [9.17, 15) is 9.59 Å². The molecule has 25 heavy (non-hydrogen) atoms. The van der Waals surface area contributed by atoms with E-state index in [0.29, 0.717) is 26.1 Å². The molecule has 1 aromatic heterocycles. The molecule has 3 rings (SSSR count). The van der Waals surface area contributed by atoms with Crippen molar-refractivity contribution in [2.45, 2.75) is 38.9 Å². The van der Waals surface area contributed by atoms with Gasteiger partial charge in [-0.05, 0) is 25.3 Å². The second-order valence-corrected chi connectivity index (χ2v) is 7.08. The molecule has 1 aliphatic heterocycles. The van der Waals surface area contributed by atoms with E-state index in [1.807, 2.05) is 37.3 Å². The molecule has 2 N–H and O–H groups in total. The molecule has 0 unspecified atom stereocenters. The first kappa shape index (κ1) is 17.4. The van der Waals surface area contributed by atoms with Gasteiger partial charge >= 0.3 is 6.03 Å². The van der Waals surface area contributed by atoms with Crippen LogP contribution in [-0.4, -0.2) is 34.4 Å². The number of aryl methyl sites for hydroxylation is 1. The van der Waals surface area contributed by atoms with Gasteiger partial charge in [-0.1, -0.05) is 30.3 Å². The summed E-state index contributed by atoms with van der Waals surface area (Å²) in [6, 6.07) is 9.17. The molecule has 3 amide bonds. The second-order valence-electron chi connectivity index (χ2n) is 6.14. The van der Waals surface area contributed by atoms with Gasteiger partial charge in [-0.15, -0.1) is 11.3 Å². The molecule has 1 saturated heterocycles. The van der Waals surface area contributed by atoms with Gasteiger partial charge in [0.05, 0.1) is 17.7 Å². The van der Waals surface area contributed by atoms with Gasteiger partial charge in [-0.2, -0.15) is 0 Å². The largest absolute Gasteiger partial charge is 0.354 e. The number of hydrogen-bond acceptors (Lipinski definition) is 4. The molecule has 1 atom stereocenters. The summed E-state index contributed by atoms with van der Waals surface area (Å²) in [6.45, 7) is 3.59. The second kappa shape index (κ2) is 8.11. The van der Waals surface area contributed by atoms with Gasteiger partial charge in [0.15, 0.2) is 0 Å². The lowest BCUT2D eigenvalue weighted by Crippen LogP contribution is -2.53. The summed E-state index contributed by atoms with van der Waals surface area (Å²) in [4.78, 5) is 31.8. The van der Waals surface area contributed by atoms with Gasteiger partial charge in [-0.25, -0.2) is 9.78 Å². The minimum absolute atomic E-state index is 0.103. The Morgan fingerprint density at radius 1 is 1.36 bits per heavy atom. The summed E-state index contributed by atoms with van der Waals surface area (Å²) in [7, 11) is 0. The van der Waals surface area contributed by atoms with Gasteiger partial charge in [0.2, 0.25) is 5.91 Å². The number of rotatable bonds is 5. The average Bonchev–Trinajstić information content (AvgIpc) is 3.02. The predicted octanol–water partition coefficient (Wildman–Crippen LogP) is 2.44. The highest BCUT2D eigenvalue weighted by atomic mass is 32.1. The summed E-state index contributed by atoms with van der Waals surface area (Å²) in [5.74, 6) is -0.103. The van der Waals surface area contributed by atoms with E-state index in [0.717, 1.165) is 22.6 Å². The lowest BCUT2D eigenvalue weighted by atomic mass is 10.1. The number of thiazole rings is 1. The van der Waals surface area contributed by atoms with Crippen molar-refractivity contribution in [3.05, 3.63) is 52.0 Å². The first-order valence-corrected chi connectivity index (χ1v) is 9.27. The Hall–Kier alpha value is -2.41. The third kappa shape index (κ3) is 4.57. The Bertz CT molecular complexity index is 732. The average molecular weight is 358 g/mol. The molecule has 1 fully saturated rings. The first-order chi connectivity index (χ1) is 12.1. The number of hydrogen-bond donors (Lipinski definition) is 2. The molecule has 0 bridgehead atoms. The van der Waals surface area contributed by atoms with Crippen molar-refractivity contribution in [1.82, 2.24) is 20.5 Å². The van der Waals surface area contributed by atoms with Crippen LogP contribution in [0.15, 0.2) is 35.8 Å². The van der Waals surface area contributed by atoms with E-state index in [4.69, 9.17) is 0 Å². The lowest BCUT2D eigenvalue weighted by Gasteiger charge is -2.28. The SMILES string of the molecule is Cc1ncsc1CN(Cc1ccccc1)C(=O)N[C@H]1CCCNC1=O. The molecule has 0 radical (unpaired) electrons. The van der Waals surface area contributed by atoms with E-state index < -0.39 is 6.04 Å². The molecule has 1 aliphatic rings. The van der Waals surface area contributed by atoms with Crippen molar-refractivity contribution in [3.8, 4) is 0 Å². The number of amides is 3. The number of nitrogens with one attached hydrogen (secondary N) is 2. The van der Waals surface area contributed by atoms with E-state index >= 15 is 0 Å². The van der Waals surface area contributed by atoms with E-state index in [1.54, 1.807) is 21.7 Å². The van der Waals surface area contributed by atoms with Gasteiger partial charge in [-0.3, -0.25) is 4.79 Å². The molecule has 6 nitrogen and oxygen atoms in total. The smallest absolute Gasteiger partial charge is 0.318 e. The van der Waals surface area contributed by atoms with E-state index in [2.05, 4.69) is 15.6 Å². The van der Waals surface area contributed by atoms with E-state index in [1.165, 1.54) is 0 Å². The topological polar surface area (TPSA) is 74.3 Å². The highest BCUT2D eigenvalue weighted by Crippen LogP contribution is 2.17. The Kier molecular flexibility index (Phi) is 5.65. The van der Waals surface area contributed by atoms with Crippen molar-refractivity contribution in [1.29, 1.82) is 0 Å². The van der Waals surface area contributed by atoms with Crippen LogP contribution in [0.4, 0.5) is 4.79 Å². The monoisotopic (exact) mass is 358 g/mol. The summed E-state index contributed by atoms with van der Waals surface area (Å²) in [6.07, 6.45) is 1.56. The standard InChI is InChI=1S/C18H22N4O2S/c1-13-16(25-12-20-13)11-22(10-14-6-3-2-4-7-14)18(24)21-15-8-5-9-19-17(15)23/h2-4,6-7,12,15H,5,8-11H2,1H3,(H,19,23)(H,21,24)/t15-/m0/s1. The fraction of sp³-hybridized carbons (Fsp3) is 0.389. The molecular formula is C18H22N4O2S. The Labute approximate surface area is 151 Å². The van der Waals surface area contributed by atoms with Crippen molar-refractivity contribution in [3.63, 3.8) is 0 Å². The van der Waals surface area contributed by atoms with Crippen LogP contribution in [0.5, 0.6) is 0 Å². The highest BCUT2D eigenvalue weighted by Gasteiger charge is 2.26. The van der Waals surface area contributed by atoms with Crippen molar-refractivity contribution < 1.29 is 9.59 Å². The molecule has 2 aromatic rings. The van der Waals surface area contributed by atoms with Crippen LogP contribution in [0, 0.1) is 6.92 Å². The van der Waals surface area contributed by atoms with Crippen molar-refractivity contribution >= 4 is 23.3 Å². The van der Waals surface area contributed by atoms with Crippen LogP contribution in [0.1, 0.15) is 29.0 Å². The zero-order valence-corrected chi connectivity index (χ0v) is 15.0.